The van der Waals surface area contributed by atoms with E-state index in [0.717, 1.165) is 48.0 Å². The molecular formula is C26H38N6O3. The van der Waals surface area contributed by atoms with E-state index >= 15 is 0 Å². The molecule has 1 aliphatic rings. The summed E-state index contributed by atoms with van der Waals surface area (Å²) in [5, 5.41) is 13.8. The zero-order chi connectivity index (χ0) is 25.2. The largest absolute Gasteiger partial charge is 0.493 e. The van der Waals surface area contributed by atoms with Crippen molar-refractivity contribution < 1.29 is 9.47 Å². The van der Waals surface area contributed by atoms with Gasteiger partial charge in [0.05, 0.1) is 31.3 Å². The van der Waals surface area contributed by atoms with Crippen LogP contribution in [0.1, 0.15) is 83.6 Å². The molecule has 9 nitrogen and oxygen atoms in total. The highest BCUT2D eigenvalue weighted by molar-refractivity contribution is 5.83. The van der Waals surface area contributed by atoms with Crippen LogP contribution in [0.4, 0.5) is 0 Å². The van der Waals surface area contributed by atoms with Gasteiger partial charge in [-0.15, -0.1) is 5.10 Å². The predicted octanol–water partition coefficient (Wildman–Crippen LogP) is 4.57. The number of nitrogens with one attached hydrogen (secondary N) is 1. The van der Waals surface area contributed by atoms with Gasteiger partial charge in [0, 0.05) is 29.6 Å². The third-order valence-electron chi connectivity index (χ3n) is 7.59. The van der Waals surface area contributed by atoms with Crippen molar-refractivity contribution >= 4 is 10.9 Å². The third-order valence-corrected chi connectivity index (χ3v) is 7.59. The molecule has 1 fully saturated rings. The maximum absolute atomic E-state index is 13.2. The number of ether oxygens (including phenoxy) is 2. The van der Waals surface area contributed by atoms with Crippen LogP contribution >= 0.6 is 0 Å². The molecule has 1 atom stereocenters. The first-order chi connectivity index (χ1) is 16.8. The summed E-state index contributed by atoms with van der Waals surface area (Å²) in [5.41, 5.74) is 1.17. The summed E-state index contributed by atoms with van der Waals surface area (Å²) in [6.07, 6.45) is 6.41. The van der Waals surface area contributed by atoms with Crippen LogP contribution < -0.4 is 15.0 Å². The number of fused-ring (bicyclic) bond motifs is 1. The van der Waals surface area contributed by atoms with E-state index < -0.39 is 0 Å². The Morgan fingerprint density at radius 3 is 2.46 bits per heavy atom. The van der Waals surface area contributed by atoms with E-state index in [1.54, 1.807) is 14.2 Å². The molecule has 9 heteroatoms. The maximum Gasteiger partial charge on any atom is 0.252 e. The lowest BCUT2D eigenvalue weighted by Crippen LogP contribution is -2.40. The van der Waals surface area contributed by atoms with Crippen LogP contribution in [0.25, 0.3) is 10.9 Å². The monoisotopic (exact) mass is 482 g/mol. The minimum Gasteiger partial charge on any atom is -0.493 e. The Morgan fingerprint density at radius 2 is 1.83 bits per heavy atom. The topological polar surface area (TPSA) is 98.2 Å². The minimum absolute atomic E-state index is 0.0134. The SMILES string of the molecule is CC[C@@H](c1nnnn1C(C)(C)CC)N(Cc1cc2cc(OC)c(OC)cc2[nH]c1=O)C1CCCC1. The van der Waals surface area contributed by atoms with Gasteiger partial charge in [-0.1, -0.05) is 26.7 Å². The molecule has 0 spiro atoms. The number of rotatable bonds is 10. The van der Waals surface area contributed by atoms with E-state index in [2.05, 4.69) is 53.1 Å². The molecule has 0 saturated heterocycles. The first-order valence-corrected chi connectivity index (χ1v) is 12.6. The van der Waals surface area contributed by atoms with Gasteiger partial charge in [-0.25, -0.2) is 4.68 Å². The van der Waals surface area contributed by atoms with Crippen molar-refractivity contribution in [3.05, 3.63) is 39.9 Å². The Kier molecular flexibility index (Phi) is 7.44. The van der Waals surface area contributed by atoms with Crippen LogP contribution in [0.3, 0.4) is 0 Å². The zero-order valence-corrected chi connectivity index (χ0v) is 21.8. The molecule has 0 bridgehead atoms. The average molecular weight is 483 g/mol. The third kappa shape index (κ3) is 4.91. The number of H-pyrrole nitrogens is 1. The van der Waals surface area contributed by atoms with Crippen molar-refractivity contribution in [2.75, 3.05) is 14.2 Å². The number of aromatic amines is 1. The predicted molar refractivity (Wildman–Crippen MR) is 136 cm³/mol. The van der Waals surface area contributed by atoms with Crippen molar-refractivity contribution in [1.82, 2.24) is 30.1 Å². The molecule has 2 aromatic heterocycles. The molecular weight excluding hydrogens is 444 g/mol. The Balaban J connectivity index is 1.76. The second-order valence-corrected chi connectivity index (χ2v) is 10.1. The highest BCUT2D eigenvalue weighted by atomic mass is 16.5. The molecule has 190 valence electrons. The van der Waals surface area contributed by atoms with Crippen molar-refractivity contribution in [2.45, 2.75) is 90.4 Å². The van der Waals surface area contributed by atoms with Gasteiger partial charge < -0.3 is 14.5 Å². The van der Waals surface area contributed by atoms with Crippen LogP contribution in [-0.4, -0.2) is 50.4 Å². The molecule has 2 heterocycles. The average Bonchev–Trinajstić information content (AvgIpc) is 3.56. The normalized spacial score (nSPS) is 15.7. The summed E-state index contributed by atoms with van der Waals surface area (Å²) in [5.74, 6) is 2.10. The molecule has 1 saturated carbocycles. The fourth-order valence-corrected chi connectivity index (χ4v) is 5.17. The van der Waals surface area contributed by atoms with E-state index in [4.69, 9.17) is 9.47 Å². The molecule has 0 radical (unpaired) electrons. The smallest absolute Gasteiger partial charge is 0.252 e. The first kappa shape index (κ1) is 25.2. The summed E-state index contributed by atoms with van der Waals surface area (Å²) in [6, 6.07) is 6.10. The second kappa shape index (κ2) is 10.4. The van der Waals surface area contributed by atoms with Crippen LogP contribution in [-0.2, 0) is 12.1 Å². The fraction of sp³-hybridized carbons (Fsp3) is 0.615. The summed E-state index contributed by atoms with van der Waals surface area (Å²) in [7, 11) is 3.21. The van der Waals surface area contributed by atoms with Crippen molar-refractivity contribution in [2.24, 2.45) is 0 Å². The van der Waals surface area contributed by atoms with Gasteiger partial charge in [-0.2, -0.15) is 0 Å². The van der Waals surface area contributed by atoms with Crippen molar-refractivity contribution in [1.29, 1.82) is 0 Å². The Morgan fingerprint density at radius 1 is 1.14 bits per heavy atom. The lowest BCUT2D eigenvalue weighted by molar-refractivity contribution is 0.106. The highest BCUT2D eigenvalue weighted by Gasteiger charge is 2.35. The van der Waals surface area contributed by atoms with Crippen molar-refractivity contribution in [3.63, 3.8) is 0 Å². The Labute approximate surface area is 206 Å². The van der Waals surface area contributed by atoms with Crippen LogP contribution in [0.15, 0.2) is 23.0 Å². The standard InChI is InChI=1S/C26H38N6O3/c1-7-21(24-28-29-30-32(24)26(3,4)8-2)31(19-11-9-10-12-19)16-18-13-17-14-22(34-5)23(35-6)15-20(17)27-25(18)33/h13-15,19,21H,7-12,16H2,1-6H3,(H,27,33)/t21-/m0/s1. The number of tetrazole rings is 1. The molecule has 0 amide bonds. The van der Waals surface area contributed by atoms with Gasteiger partial charge in [-0.3, -0.25) is 9.69 Å². The van der Waals surface area contributed by atoms with Gasteiger partial charge in [0.2, 0.25) is 0 Å². The van der Waals surface area contributed by atoms with Gasteiger partial charge in [0.1, 0.15) is 0 Å². The molecule has 1 N–H and O–H groups in total. The number of benzene rings is 1. The molecule has 35 heavy (non-hydrogen) atoms. The lowest BCUT2D eigenvalue weighted by atomic mass is 10.00. The van der Waals surface area contributed by atoms with Crippen LogP contribution in [0, 0.1) is 0 Å². The van der Waals surface area contributed by atoms with E-state index in [9.17, 15) is 4.79 Å². The van der Waals surface area contributed by atoms with Gasteiger partial charge in [0.15, 0.2) is 17.3 Å². The van der Waals surface area contributed by atoms with E-state index in [-0.39, 0.29) is 17.1 Å². The number of aromatic nitrogens is 5. The summed E-state index contributed by atoms with van der Waals surface area (Å²) >= 11 is 0. The van der Waals surface area contributed by atoms with Gasteiger partial charge >= 0.3 is 0 Å². The molecule has 4 rings (SSSR count). The fourth-order valence-electron chi connectivity index (χ4n) is 5.17. The second-order valence-electron chi connectivity index (χ2n) is 10.1. The summed E-state index contributed by atoms with van der Waals surface area (Å²) < 4.78 is 12.9. The van der Waals surface area contributed by atoms with E-state index in [1.165, 1.54) is 12.8 Å². The highest BCUT2D eigenvalue weighted by Crippen LogP contribution is 2.36. The number of pyridine rings is 1. The van der Waals surface area contributed by atoms with Crippen molar-refractivity contribution in [3.8, 4) is 11.5 Å². The maximum atomic E-state index is 13.2. The molecule has 0 aliphatic heterocycles. The molecule has 1 aromatic carbocycles. The van der Waals surface area contributed by atoms with E-state index in [0.29, 0.717) is 24.1 Å². The number of hydrogen-bond donors (Lipinski definition) is 1. The quantitative estimate of drug-likeness (QED) is 0.452. The first-order valence-electron chi connectivity index (χ1n) is 12.6. The van der Waals surface area contributed by atoms with Crippen LogP contribution in [0.5, 0.6) is 11.5 Å². The summed E-state index contributed by atoms with van der Waals surface area (Å²) in [4.78, 5) is 18.7. The van der Waals surface area contributed by atoms with Gasteiger partial charge in [0.25, 0.3) is 5.56 Å². The number of nitrogens with zero attached hydrogens (tertiary/aromatic N) is 5. The van der Waals surface area contributed by atoms with Crippen LogP contribution in [0.2, 0.25) is 0 Å². The van der Waals surface area contributed by atoms with E-state index in [1.807, 2.05) is 22.9 Å². The summed E-state index contributed by atoms with van der Waals surface area (Å²) in [6.45, 7) is 9.18. The van der Waals surface area contributed by atoms with Gasteiger partial charge in [-0.05, 0) is 62.1 Å². The molecule has 3 aromatic rings. The number of methoxy groups -OCH3 is 2. The minimum atomic E-state index is -0.191. The Bertz CT molecular complexity index is 1210. The molecule has 0 unspecified atom stereocenters. The number of hydrogen-bond acceptors (Lipinski definition) is 7. The molecule has 1 aliphatic carbocycles. The zero-order valence-electron chi connectivity index (χ0n) is 21.8. The Hall–Kier alpha value is -2.94. The lowest BCUT2D eigenvalue weighted by Gasteiger charge is -2.36.